The summed E-state index contributed by atoms with van der Waals surface area (Å²) < 4.78 is 22.8. The van der Waals surface area contributed by atoms with Crippen LogP contribution in [0.1, 0.15) is 114 Å². The van der Waals surface area contributed by atoms with Crippen LogP contribution in [0.15, 0.2) is 60.7 Å². The van der Waals surface area contributed by atoms with Gasteiger partial charge in [-0.3, -0.25) is 4.79 Å². The Bertz CT molecular complexity index is 1290. The number of unbranched alkanes of at least 4 members (excludes halogenated alkanes) is 9. The predicted molar refractivity (Wildman–Crippen MR) is 185 cm³/mol. The minimum absolute atomic E-state index is 0.0711. The zero-order valence-corrected chi connectivity index (χ0v) is 28.3. The minimum Gasteiger partial charge on any atom is -0.507 e. The highest BCUT2D eigenvalue weighted by atomic mass is 16.5. The average Bonchev–Trinajstić information content (AvgIpc) is 3.08. The van der Waals surface area contributed by atoms with E-state index in [0.717, 1.165) is 32.1 Å². The molecule has 250 valence electrons. The Hall–Kier alpha value is -4.25. The summed E-state index contributed by atoms with van der Waals surface area (Å²) in [5.74, 6) is 2.01. The number of carbonyl (C=O) groups is 1. The van der Waals surface area contributed by atoms with Crippen molar-refractivity contribution in [2.75, 3.05) is 26.9 Å². The van der Waals surface area contributed by atoms with Crippen molar-refractivity contribution in [1.29, 1.82) is 5.39 Å². The molecular weight excluding hydrogens is 580 g/mol. The van der Waals surface area contributed by atoms with E-state index in [1.807, 2.05) is 18.2 Å². The molecule has 0 aliphatic carbocycles. The van der Waals surface area contributed by atoms with Crippen molar-refractivity contribution < 1.29 is 28.8 Å². The second-order valence-corrected chi connectivity index (χ2v) is 11.2. The maximum atomic E-state index is 12.1. The molecule has 0 saturated heterocycles. The Labute approximate surface area is 275 Å². The minimum atomic E-state index is -0.203. The van der Waals surface area contributed by atoms with Crippen LogP contribution >= 0.6 is 0 Å². The van der Waals surface area contributed by atoms with Crippen LogP contribution < -0.4 is 18.9 Å². The fourth-order valence-corrected chi connectivity index (χ4v) is 4.68. The first-order valence-electron chi connectivity index (χ1n) is 16.9. The van der Waals surface area contributed by atoms with Gasteiger partial charge in [0.15, 0.2) is 10.8 Å². The fourth-order valence-electron chi connectivity index (χ4n) is 4.68. The number of rotatable bonds is 21. The van der Waals surface area contributed by atoms with Crippen LogP contribution in [0.3, 0.4) is 0 Å². The van der Waals surface area contributed by atoms with E-state index in [1.165, 1.54) is 58.1 Å². The summed E-state index contributed by atoms with van der Waals surface area (Å²) in [5, 5.41) is 19.3. The quantitative estimate of drug-likeness (QED) is 0.0707. The number of nitrogens with zero attached hydrogens (tertiary/aromatic N) is 2. The van der Waals surface area contributed by atoms with Crippen molar-refractivity contribution in [2.45, 2.75) is 97.8 Å². The third-order valence-electron chi connectivity index (χ3n) is 7.38. The lowest BCUT2D eigenvalue weighted by molar-refractivity contribution is 0.103. The van der Waals surface area contributed by atoms with Gasteiger partial charge in [0, 0.05) is 23.8 Å². The lowest BCUT2D eigenvalue weighted by Crippen LogP contribution is -2.03. The summed E-state index contributed by atoms with van der Waals surface area (Å²) >= 11 is 0. The van der Waals surface area contributed by atoms with Crippen molar-refractivity contribution >= 4 is 11.5 Å². The molecule has 0 bridgehead atoms. The number of diazo groups is 1. The van der Waals surface area contributed by atoms with E-state index in [9.17, 15) is 15.3 Å². The molecular formula is C38H53N2O6+. The van der Waals surface area contributed by atoms with Gasteiger partial charge in [-0.15, -0.1) is 0 Å². The lowest BCUT2D eigenvalue weighted by atomic mass is 10.0. The summed E-state index contributed by atoms with van der Waals surface area (Å²) in [4.78, 5) is 15.5. The number of hydrogen-bond donors (Lipinski definition) is 1. The van der Waals surface area contributed by atoms with Crippen molar-refractivity contribution in [3.63, 3.8) is 0 Å². The number of methoxy groups -OCH3 is 1. The van der Waals surface area contributed by atoms with Gasteiger partial charge in [0.1, 0.15) is 17.2 Å². The molecule has 0 amide bonds. The summed E-state index contributed by atoms with van der Waals surface area (Å²) in [5.41, 5.74) is 1.18. The zero-order chi connectivity index (χ0) is 33.4. The number of aromatic hydroxyl groups is 1. The van der Waals surface area contributed by atoms with Crippen LogP contribution in [-0.2, 0) is 0 Å². The molecule has 3 aromatic carbocycles. The molecule has 0 aliphatic rings. The molecule has 0 aliphatic heterocycles. The molecule has 3 rings (SSSR count). The van der Waals surface area contributed by atoms with Crippen LogP contribution in [-0.4, -0.2) is 37.8 Å². The SMILES string of the molecule is CCCCCCOc1cc(OCCCCCC)c([N+]#N)c(OCCCCCC)c1.COc1ccc(C(=O)c2ccccc2)c(O)c1. The molecule has 1 N–H and O–H groups in total. The number of phenolic OH excluding ortho intramolecular Hbond substituents is 1. The van der Waals surface area contributed by atoms with Gasteiger partial charge >= 0.3 is 5.69 Å². The molecule has 46 heavy (non-hydrogen) atoms. The number of phenols is 1. The molecule has 0 unspecified atom stereocenters. The third-order valence-corrected chi connectivity index (χ3v) is 7.38. The van der Waals surface area contributed by atoms with Crippen LogP contribution in [0.4, 0.5) is 5.69 Å². The zero-order valence-electron chi connectivity index (χ0n) is 28.3. The van der Waals surface area contributed by atoms with Crippen LogP contribution in [0, 0.1) is 5.39 Å². The van der Waals surface area contributed by atoms with E-state index in [2.05, 4.69) is 25.7 Å². The molecule has 3 aromatic rings. The molecule has 0 radical (unpaired) electrons. The highest BCUT2D eigenvalue weighted by Gasteiger charge is 2.26. The van der Waals surface area contributed by atoms with Gasteiger partial charge in [0.05, 0.1) is 32.5 Å². The predicted octanol–water partition coefficient (Wildman–Crippen LogP) is 10.7. The van der Waals surface area contributed by atoms with Gasteiger partial charge in [-0.2, -0.15) is 0 Å². The van der Waals surface area contributed by atoms with E-state index in [1.54, 1.807) is 36.4 Å². The highest BCUT2D eigenvalue weighted by molar-refractivity contribution is 6.10. The first-order chi connectivity index (χ1) is 22.5. The van der Waals surface area contributed by atoms with E-state index in [4.69, 9.17) is 18.9 Å². The largest absolute Gasteiger partial charge is 0.507 e. The lowest BCUT2D eigenvalue weighted by Gasteiger charge is -2.11. The van der Waals surface area contributed by atoms with Crippen molar-refractivity contribution in [1.82, 2.24) is 0 Å². The summed E-state index contributed by atoms with van der Waals surface area (Å²) in [6.07, 6.45) is 13.6. The second-order valence-electron chi connectivity index (χ2n) is 11.2. The summed E-state index contributed by atoms with van der Waals surface area (Å²) in [7, 11) is 1.51. The summed E-state index contributed by atoms with van der Waals surface area (Å²) in [6, 6.07) is 17.1. The van der Waals surface area contributed by atoms with Crippen molar-refractivity contribution in [2.24, 2.45) is 0 Å². The number of benzene rings is 3. The van der Waals surface area contributed by atoms with Crippen LogP contribution in [0.2, 0.25) is 0 Å². The number of ether oxygens (including phenoxy) is 4. The van der Waals surface area contributed by atoms with Crippen LogP contribution in [0.25, 0.3) is 4.98 Å². The maximum absolute atomic E-state index is 12.1. The number of ketones is 1. The fraction of sp³-hybridized carbons (Fsp3) is 0.500. The average molecular weight is 634 g/mol. The Morgan fingerprint density at radius 3 is 1.65 bits per heavy atom. The number of carbonyl (C=O) groups excluding carboxylic acids is 1. The molecule has 0 spiro atoms. The van der Waals surface area contributed by atoms with E-state index in [-0.39, 0.29) is 17.1 Å². The first-order valence-corrected chi connectivity index (χ1v) is 16.9. The van der Waals surface area contributed by atoms with Gasteiger partial charge in [-0.1, -0.05) is 109 Å². The standard InChI is InChI=1S/C24H41N2O3.C14H12O3/c1-4-7-10-13-16-27-21-19-22(28-17-14-11-8-5-2)24(26-25)23(20-21)29-18-15-12-9-6-3;1-17-11-7-8-12(13(15)9-11)14(16)10-5-3-2-4-6-10/h19-20H,4-18H2,1-3H3;2-9,15H,1H3/q+1;. The maximum Gasteiger partial charge on any atom is 0.467 e. The van der Waals surface area contributed by atoms with Gasteiger partial charge < -0.3 is 24.1 Å². The monoisotopic (exact) mass is 633 g/mol. The van der Waals surface area contributed by atoms with Gasteiger partial charge in [0.2, 0.25) is 16.9 Å². The van der Waals surface area contributed by atoms with Gasteiger partial charge in [0.25, 0.3) is 0 Å². The van der Waals surface area contributed by atoms with Crippen molar-refractivity contribution in [3.05, 3.63) is 76.8 Å². The molecule has 8 nitrogen and oxygen atoms in total. The van der Waals surface area contributed by atoms with E-state index < -0.39 is 0 Å². The van der Waals surface area contributed by atoms with E-state index >= 15 is 0 Å². The first kappa shape index (κ1) is 37.9. The van der Waals surface area contributed by atoms with Gasteiger partial charge in [-0.25, -0.2) is 0 Å². The molecule has 8 heteroatoms. The second kappa shape index (κ2) is 23.1. The molecule has 0 heterocycles. The summed E-state index contributed by atoms with van der Waals surface area (Å²) in [6.45, 7) is 8.44. The molecule has 0 saturated carbocycles. The highest BCUT2D eigenvalue weighted by Crippen LogP contribution is 2.42. The topological polar surface area (TPSA) is 102 Å². The molecule has 0 atom stereocenters. The van der Waals surface area contributed by atoms with Gasteiger partial charge in [-0.05, 0) is 31.4 Å². The van der Waals surface area contributed by atoms with E-state index in [0.29, 0.717) is 54.1 Å². The Balaban J connectivity index is 0.000000364. The number of hydrogen-bond acceptors (Lipinski definition) is 7. The molecule has 0 aromatic heterocycles. The Morgan fingerprint density at radius 2 is 1.20 bits per heavy atom. The smallest absolute Gasteiger partial charge is 0.467 e. The van der Waals surface area contributed by atoms with Crippen LogP contribution in [0.5, 0.6) is 28.7 Å². The van der Waals surface area contributed by atoms with Crippen molar-refractivity contribution in [3.8, 4) is 28.7 Å². The molecule has 0 fully saturated rings. The normalized spacial score (nSPS) is 10.3. The Morgan fingerprint density at radius 1 is 0.674 bits per heavy atom. The third kappa shape index (κ3) is 13.8. The Kier molecular flexibility index (Phi) is 19.1.